The van der Waals surface area contributed by atoms with E-state index >= 15 is 0 Å². The second-order valence-electron chi connectivity index (χ2n) is 3.07. The highest BCUT2D eigenvalue weighted by Crippen LogP contribution is 2.24. The highest BCUT2D eigenvalue weighted by molar-refractivity contribution is 5.85. The van der Waals surface area contributed by atoms with Gasteiger partial charge in [-0.15, -0.1) is 0 Å². The molecule has 0 atom stereocenters. The summed E-state index contributed by atoms with van der Waals surface area (Å²) in [5.74, 6) is 0.292. The summed E-state index contributed by atoms with van der Waals surface area (Å²) in [4.78, 5) is 3.13. The molecule has 0 saturated carbocycles. The third kappa shape index (κ3) is 1.38. The zero-order valence-electron chi connectivity index (χ0n) is 7.25. The van der Waals surface area contributed by atoms with Crippen molar-refractivity contribution in [2.45, 2.75) is 6.42 Å². The summed E-state index contributed by atoms with van der Waals surface area (Å²) >= 11 is 0. The van der Waals surface area contributed by atoms with E-state index in [0.29, 0.717) is 12.3 Å². The molecule has 3 heteroatoms. The smallest absolute Gasteiger partial charge is 0.139 e. The molecule has 68 valence electrons. The lowest BCUT2D eigenvalue weighted by molar-refractivity contribution is 0.480. The Morgan fingerprint density at radius 2 is 2.23 bits per heavy atom. The van der Waals surface area contributed by atoms with Gasteiger partial charge in [0.25, 0.3) is 0 Å². The van der Waals surface area contributed by atoms with Crippen LogP contribution in [0.1, 0.15) is 5.69 Å². The first-order valence-corrected chi connectivity index (χ1v) is 4.31. The lowest BCUT2D eigenvalue weighted by atomic mass is 10.2. The van der Waals surface area contributed by atoms with Gasteiger partial charge < -0.3 is 15.8 Å². The number of nitrogens with one attached hydrogen (secondary N) is 1. The van der Waals surface area contributed by atoms with Crippen molar-refractivity contribution >= 4 is 10.9 Å². The van der Waals surface area contributed by atoms with Crippen molar-refractivity contribution in [3.8, 4) is 5.75 Å². The predicted octanol–water partition coefficient (Wildman–Crippen LogP) is 1.37. The number of nitrogens with two attached hydrogens (primary N) is 1. The number of aromatic nitrogens is 1. The molecule has 0 spiro atoms. The zero-order chi connectivity index (χ0) is 9.26. The first-order valence-electron chi connectivity index (χ1n) is 4.31. The first kappa shape index (κ1) is 8.13. The molecule has 0 fully saturated rings. The van der Waals surface area contributed by atoms with Gasteiger partial charge in [-0.2, -0.15) is 0 Å². The fourth-order valence-electron chi connectivity index (χ4n) is 1.49. The summed E-state index contributed by atoms with van der Waals surface area (Å²) < 4.78 is 0. The van der Waals surface area contributed by atoms with E-state index in [1.165, 1.54) is 0 Å². The number of benzene rings is 1. The molecule has 2 rings (SSSR count). The van der Waals surface area contributed by atoms with Gasteiger partial charge in [-0.05, 0) is 25.1 Å². The van der Waals surface area contributed by atoms with Crippen LogP contribution in [-0.4, -0.2) is 16.6 Å². The number of rotatable bonds is 2. The van der Waals surface area contributed by atoms with Crippen LogP contribution in [0.25, 0.3) is 10.9 Å². The minimum Gasteiger partial charge on any atom is -0.506 e. The van der Waals surface area contributed by atoms with Crippen LogP contribution in [0.5, 0.6) is 5.75 Å². The number of hydrogen-bond donors (Lipinski definition) is 3. The van der Waals surface area contributed by atoms with Gasteiger partial charge in [-0.3, -0.25) is 0 Å². The normalized spacial score (nSPS) is 10.8. The van der Waals surface area contributed by atoms with Crippen LogP contribution < -0.4 is 5.73 Å². The lowest BCUT2D eigenvalue weighted by Gasteiger charge is -1.92. The Bertz CT molecular complexity index is 420. The fourth-order valence-corrected chi connectivity index (χ4v) is 1.49. The topological polar surface area (TPSA) is 62.0 Å². The number of hydrogen-bond acceptors (Lipinski definition) is 2. The summed E-state index contributed by atoms with van der Waals surface area (Å²) in [6.07, 6.45) is 0.814. The van der Waals surface area contributed by atoms with Crippen molar-refractivity contribution in [2.24, 2.45) is 5.73 Å². The van der Waals surface area contributed by atoms with Crippen LogP contribution in [0.4, 0.5) is 0 Å². The van der Waals surface area contributed by atoms with Crippen LogP contribution in [0.3, 0.4) is 0 Å². The summed E-state index contributed by atoms with van der Waals surface area (Å²) in [6, 6.07) is 7.48. The maximum atomic E-state index is 9.49. The van der Waals surface area contributed by atoms with E-state index < -0.39 is 0 Å². The number of fused-ring (bicyclic) bond motifs is 1. The number of H-pyrrole nitrogens is 1. The highest BCUT2D eigenvalue weighted by Gasteiger charge is 2.02. The van der Waals surface area contributed by atoms with Gasteiger partial charge in [0, 0.05) is 11.1 Å². The molecule has 2 aromatic rings. The number of phenols is 1. The van der Waals surface area contributed by atoms with Gasteiger partial charge in [0.05, 0.1) is 5.52 Å². The maximum absolute atomic E-state index is 9.49. The van der Waals surface area contributed by atoms with Gasteiger partial charge in [-0.1, -0.05) is 12.1 Å². The van der Waals surface area contributed by atoms with E-state index in [1.807, 2.05) is 18.2 Å². The maximum Gasteiger partial charge on any atom is 0.139 e. The van der Waals surface area contributed by atoms with Crippen molar-refractivity contribution in [3.05, 3.63) is 30.0 Å². The van der Waals surface area contributed by atoms with Crippen LogP contribution >= 0.6 is 0 Å². The van der Waals surface area contributed by atoms with Crippen LogP contribution in [0.15, 0.2) is 24.3 Å². The van der Waals surface area contributed by atoms with Crippen molar-refractivity contribution in [1.82, 2.24) is 4.98 Å². The van der Waals surface area contributed by atoms with Crippen molar-refractivity contribution in [2.75, 3.05) is 6.54 Å². The Kier molecular flexibility index (Phi) is 1.94. The van der Waals surface area contributed by atoms with Crippen molar-refractivity contribution < 1.29 is 5.11 Å². The molecule has 0 unspecified atom stereocenters. The molecule has 0 aliphatic carbocycles. The molecule has 0 radical (unpaired) electrons. The van der Waals surface area contributed by atoms with Crippen LogP contribution in [-0.2, 0) is 6.42 Å². The minimum atomic E-state index is 0.292. The Morgan fingerprint density at radius 1 is 1.38 bits per heavy atom. The average molecular weight is 176 g/mol. The Balaban J connectivity index is 2.55. The molecule has 13 heavy (non-hydrogen) atoms. The third-order valence-corrected chi connectivity index (χ3v) is 2.10. The monoisotopic (exact) mass is 176 g/mol. The SMILES string of the molecule is NCCc1cc2cccc(O)c2[nH]1. The van der Waals surface area contributed by atoms with E-state index in [9.17, 15) is 5.11 Å². The Hall–Kier alpha value is -1.48. The molecule has 0 aliphatic heterocycles. The van der Waals surface area contributed by atoms with E-state index in [1.54, 1.807) is 6.07 Å². The number of phenolic OH excluding ortho intramolecular Hbond substituents is 1. The molecule has 0 bridgehead atoms. The molecule has 0 saturated heterocycles. The largest absolute Gasteiger partial charge is 0.506 e. The van der Waals surface area contributed by atoms with E-state index in [-0.39, 0.29) is 0 Å². The molecule has 3 nitrogen and oxygen atoms in total. The van der Waals surface area contributed by atoms with E-state index in [4.69, 9.17) is 5.73 Å². The molecular weight excluding hydrogens is 164 g/mol. The number of aromatic amines is 1. The van der Waals surface area contributed by atoms with Crippen molar-refractivity contribution in [1.29, 1.82) is 0 Å². The van der Waals surface area contributed by atoms with Gasteiger partial charge in [0.2, 0.25) is 0 Å². The Labute approximate surface area is 76.2 Å². The lowest BCUT2D eigenvalue weighted by Crippen LogP contribution is -2.02. The minimum absolute atomic E-state index is 0.292. The standard InChI is InChI=1S/C10H12N2O/c11-5-4-8-6-7-2-1-3-9(13)10(7)12-8/h1-3,6,12-13H,4-5,11H2. The van der Waals surface area contributed by atoms with Gasteiger partial charge in [0.1, 0.15) is 5.75 Å². The molecule has 4 N–H and O–H groups in total. The zero-order valence-corrected chi connectivity index (χ0v) is 7.25. The Morgan fingerprint density at radius 3 is 2.92 bits per heavy atom. The summed E-state index contributed by atoms with van der Waals surface area (Å²) in [6.45, 7) is 0.619. The quantitative estimate of drug-likeness (QED) is 0.647. The average Bonchev–Trinajstić information content (AvgIpc) is 2.49. The van der Waals surface area contributed by atoms with E-state index in [0.717, 1.165) is 23.0 Å². The van der Waals surface area contributed by atoms with Crippen LogP contribution in [0.2, 0.25) is 0 Å². The number of aromatic hydroxyl groups is 1. The highest BCUT2D eigenvalue weighted by atomic mass is 16.3. The van der Waals surface area contributed by atoms with Gasteiger partial charge in [0.15, 0.2) is 0 Å². The van der Waals surface area contributed by atoms with E-state index in [2.05, 4.69) is 4.98 Å². The molecular formula is C10H12N2O. The van der Waals surface area contributed by atoms with Gasteiger partial charge >= 0.3 is 0 Å². The molecule has 0 aliphatic rings. The second-order valence-corrected chi connectivity index (χ2v) is 3.07. The number of para-hydroxylation sites is 1. The molecule has 0 amide bonds. The third-order valence-electron chi connectivity index (χ3n) is 2.10. The van der Waals surface area contributed by atoms with Crippen molar-refractivity contribution in [3.63, 3.8) is 0 Å². The fraction of sp³-hybridized carbons (Fsp3) is 0.200. The summed E-state index contributed by atoms with van der Waals surface area (Å²) in [5.41, 5.74) is 7.30. The molecule has 1 aromatic heterocycles. The summed E-state index contributed by atoms with van der Waals surface area (Å²) in [5, 5.41) is 10.5. The predicted molar refractivity (Wildman–Crippen MR) is 52.7 cm³/mol. The molecule has 1 heterocycles. The van der Waals surface area contributed by atoms with Gasteiger partial charge in [-0.25, -0.2) is 0 Å². The second kappa shape index (κ2) is 3.11. The molecule has 1 aromatic carbocycles. The first-order chi connectivity index (χ1) is 6.31. The van der Waals surface area contributed by atoms with Crippen LogP contribution in [0, 0.1) is 0 Å². The summed E-state index contributed by atoms with van der Waals surface area (Å²) in [7, 11) is 0.